The van der Waals surface area contributed by atoms with E-state index in [9.17, 15) is 13.2 Å². The van der Waals surface area contributed by atoms with Crippen LogP contribution in [0.4, 0.5) is 0 Å². The van der Waals surface area contributed by atoms with Crippen LogP contribution in [0.5, 0.6) is 11.5 Å². The molecule has 1 atom stereocenters. The third kappa shape index (κ3) is 4.06. The number of benzene rings is 2. The van der Waals surface area contributed by atoms with Gasteiger partial charge in [-0.3, -0.25) is 4.79 Å². The number of amides is 1. The maximum atomic E-state index is 13.1. The second-order valence-corrected chi connectivity index (χ2v) is 8.99. The van der Waals surface area contributed by atoms with Crippen LogP contribution in [0.1, 0.15) is 34.8 Å². The number of rotatable bonds is 6. The minimum atomic E-state index is -3.62. The molecule has 2 aromatic carbocycles. The molecule has 0 radical (unpaired) electrons. The Morgan fingerprint density at radius 3 is 2.60 bits per heavy atom. The molecule has 0 saturated carbocycles. The largest absolute Gasteiger partial charge is 0.486 e. The number of carbonyl (C=O) groups excluding carboxylic acids is 1. The van der Waals surface area contributed by atoms with E-state index in [0.717, 1.165) is 24.2 Å². The summed E-state index contributed by atoms with van der Waals surface area (Å²) in [6, 6.07) is 11.8. The standard InChI is InChI=1S/C22H24N2O5S/c1-2-11-23-30(26,27)18-8-5-16(6-9-18)22(25)24-12-3-4-19(24)17-7-10-20-21(15-17)29-14-13-28-20/h2,5-10,15,19,23H,1,3-4,11-14H2/t19-/m1/s1. The maximum absolute atomic E-state index is 13.1. The van der Waals surface area contributed by atoms with E-state index in [1.54, 1.807) is 12.1 Å². The van der Waals surface area contributed by atoms with Crippen molar-refractivity contribution in [2.75, 3.05) is 26.3 Å². The molecule has 1 N–H and O–H groups in total. The third-order valence-electron chi connectivity index (χ3n) is 5.29. The number of hydrogen-bond donors (Lipinski definition) is 1. The molecule has 2 aliphatic heterocycles. The number of sulfonamides is 1. The predicted molar refractivity (Wildman–Crippen MR) is 112 cm³/mol. The van der Waals surface area contributed by atoms with E-state index in [1.807, 2.05) is 23.1 Å². The van der Waals surface area contributed by atoms with Gasteiger partial charge in [-0.25, -0.2) is 13.1 Å². The van der Waals surface area contributed by atoms with Crippen LogP contribution in [0.2, 0.25) is 0 Å². The number of carbonyl (C=O) groups is 1. The first-order valence-corrected chi connectivity index (χ1v) is 11.4. The van der Waals surface area contributed by atoms with Gasteiger partial charge >= 0.3 is 0 Å². The van der Waals surface area contributed by atoms with Crippen LogP contribution in [0.25, 0.3) is 0 Å². The van der Waals surface area contributed by atoms with Gasteiger partial charge in [-0.15, -0.1) is 6.58 Å². The quantitative estimate of drug-likeness (QED) is 0.715. The number of likely N-dealkylation sites (tertiary alicyclic amines) is 1. The van der Waals surface area contributed by atoms with Gasteiger partial charge in [0, 0.05) is 18.7 Å². The van der Waals surface area contributed by atoms with Crippen molar-refractivity contribution in [3.8, 4) is 11.5 Å². The number of nitrogens with one attached hydrogen (secondary N) is 1. The lowest BCUT2D eigenvalue weighted by molar-refractivity contribution is 0.0735. The van der Waals surface area contributed by atoms with Crippen molar-refractivity contribution in [3.63, 3.8) is 0 Å². The number of hydrogen-bond acceptors (Lipinski definition) is 5. The summed E-state index contributed by atoms with van der Waals surface area (Å²) >= 11 is 0. The number of ether oxygens (including phenoxy) is 2. The van der Waals surface area contributed by atoms with Gasteiger partial charge < -0.3 is 14.4 Å². The van der Waals surface area contributed by atoms with Gasteiger partial charge in [0.1, 0.15) is 13.2 Å². The average molecular weight is 429 g/mol. The van der Waals surface area contributed by atoms with E-state index in [-0.39, 0.29) is 23.4 Å². The molecule has 1 saturated heterocycles. The summed E-state index contributed by atoms with van der Waals surface area (Å²) in [5, 5.41) is 0. The minimum absolute atomic E-state index is 0.0500. The number of fused-ring (bicyclic) bond motifs is 1. The van der Waals surface area contributed by atoms with Gasteiger partial charge in [0.15, 0.2) is 11.5 Å². The molecule has 2 aromatic rings. The Labute approximate surface area is 176 Å². The molecular formula is C22H24N2O5S. The van der Waals surface area contributed by atoms with Crippen LogP contribution in [0.15, 0.2) is 60.0 Å². The molecule has 2 aliphatic rings. The molecule has 158 valence electrons. The summed E-state index contributed by atoms with van der Waals surface area (Å²) in [5.41, 5.74) is 1.47. The van der Waals surface area contributed by atoms with Crippen molar-refractivity contribution in [1.82, 2.24) is 9.62 Å². The van der Waals surface area contributed by atoms with Gasteiger partial charge in [0.05, 0.1) is 10.9 Å². The molecule has 0 bridgehead atoms. The zero-order chi connectivity index (χ0) is 21.1. The fraction of sp³-hybridized carbons (Fsp3) is 0.318. The van der Waals surface area contributed by atoms with Crippen LogP contribution >= 0.6 is 0 Å². The molecule has 2 heterocycles. The first kappa shape index (κ1) is 20.4. The Bertz CT molecular complexity index is 1050. The molecule has 30 heavy (non-hydrogen) atoms. The SMILES string of the molecule is C=CCNS(=O)(=O)c1ccc(C(=O)N2CCC[C@@H]2c2ccc3c(c2)OCCO3)cc1. The van der Waals surface area contributed by atoms with Gasteiger partial charge in [0.25, 0.3) is 5.91 Å². The van der Waals surface area contributed by atoms with Gasteiger partial charge in [-0.05, 0) is 54.8 Å². The summed E-state index contributed by atoms with van der Waals surface area (Å²) < 4.78 is 38.1. The minimum Gasteiger partial charge on any atom is -0.486 e. The molecule has 4 rings (SSSR count). The van der Waals surface area contributed by atoms with E-state index in [1.165, 1.54) is 18.2 Å². The maximum Gasteiger partial charge on any atom is 0.254 e. The Morgan fingerprint density at radius 1 is 1.13 bits per heavy atom. The first-order chi connectivity index (χ1) is 14.5. The molecule has 0 unspecified atom stereocenters. The monoisotopic (exact) mass is 428 g/mol. The predicted octanol–water partition coefficient (Wildman–Crippen LogP) is 2.90. The molecular weight excluding hydrogens is 404 g/mol. The van der Waals surface area contributed by atoms with Gasteiger partial charge in [-0.2, -0.15) is 0 Å². The summed E-state index contributed by atoms with van der Waals surface area (Å²) in [6.45, 7) is 5.35. The molecule has 8 heteroatoms. The van der Waals surface area contributed by atoms with E-state index >= 15 is 0 Å². The van der Waals surface area contributed by atoms with E-state index in [4.69, 9.17) is 9.47 Å². The zero-order valence-corrected chi connectivity index (χ0v) is 17.4. The average Bonchev–Trinajstić information content (AvgIpc) is 3.27. The highest BCUT2D eigenvalue weighted by atomic mass is 32.2. The number of nitrogens with zero attached hydrogens (tertiary/aromatic N) is 1. The van der Waals surface area contributed by atoms with Crippen LogP contribution in [0, 0.1) is 0 Å². The molecule has 7 nitrogen and oxygen atoms in total. The van der Waals surface area contributed by atoms with Crippen molar-refractivity contribution in [1.29, 1.82) is 0 Å². The van der Waals surface area contributed by atoms with Crippen LogP contribution in [0.3, 0.4) is 0 Å². The molecule has 0 aromatic heterocycles. The fourth-order valence-corrected chi connectivity index (χ4v) is 4.82. The van der Waals surface area contributed by atoms with E-state index in [2.05, 4.69) is 11.3 Å². The summed E-state index contributed by atoms with van der Waals surface area (Å²) in [6.07, 6.45) is 3.24. The highest BCUT2D eigenvalue weighted by Crippen LogP contribution is 2.38. The van der Waals surface area contributed by atoms with Crippen molar-refractivity contribution in [3.05, 3.63) is 66.2 Å². The Hall–Kier alpha value is -2.84. The molecule has 1 amide bonds. The third-order valence-corrected chi connectivity index (χ3v) is 6.73. The molecule has 0 spiro atoms. The molecule has 1 fully saturated rings. The Kier molecular flexibility index (Phi) is 5.78. The van der Waals surface area contributed by atoms with Crippen molar-refractivity contribution in [2.24, 2.45) is 0 Å². The van der Waals surface area contributed by atoms with Crippen LogP contribution < -0.4 is 14.2 Å². The van der Waals surface area contributed by atoms with Gasteiger partial charge in [0.2, 0.25) is 10.0 Å². The van der Waals surface area contributed by atoms with Crippen molar-refractivity contribution >= 4 is 15.9 Å². The lowest BCUT2D eigenvalue weighted by atomic mass is 10.0. The smallest absolute Gasteiger partial charge is 0.254 e. The topological polar surface area (TPSA) is 84.9 Å². The Balaban J connectivity index is 1.53. The van der Waals surface area contributed by atoms with Gasteiger partial charge in [-0.1, -0.05) is 12.1 Å². The van der Waals surface area contributed by atoms with E-state index < -0.39 is 10.0 Å². The summed E-state index contributed by atoms with van der Waals surface area (Å²) in [4.78, 5) is 15.1. The van der Waals surface area contributed by atoms with Crippen molar-refractivity contribution in [2.45, 2.75) is 23.8 Å². The normalized spacial score (nSPS) is 18.3. The second-order valence-electron chi connectivity index (χ2n) is 7.22. The lowest BCUT2D eigenvalue weighted by Crippen LogP contribution is -2.30. The van der Waals surface area contributed by atoms with Crippen LogP contribution in [-0.2, 0) is 10.0 Å². The first-order valence-electron chi connectivity index (χ1n) is 9.91. The lowest BCUT2D eigenvalue weighted by Gasteiger charge is -2.27. The highest BCUT2D eigenvalue weighted by Gasteiger charge is 2.31. The fourth-order valence-electron chi connectivity index (χ4n) is 3.82. The summed E-state index contributed by atoms with van der Waals surface area (Å²) in [5.74, 6) is 1.32. The molecule has 0 aliphatic carbocycles. The van der Waals surface area contributed by atoms with E-state index in [0.29, 0.717) is 31.1 Å². The summed E-state index contributed by atoms with van der Waals surface area (Å²) in [7, 11) is -3.62. The van der Waals surface area contributed by atoms with Crippen molar-refractivity contribution < 1.29 is 22.7 Å². The Morgan fingerprint density at radius 2 is 1.87 bits per heavy atom. The second kappa shape index (κ2) is 8.49. The van der Waals surface area contributed by atoms with Crippen LogP contribution in [-0.4, -0.2) is 45.5 Å². The highest BCUT2D eigenvalue weighted by molar-refractivity contribution is 7.89. The zero-order valence-electron chi connectivity index (χ0n) is 16.5.